The number of pyridine rings is 1. The summed E-state index contributed by atoms with van der Waals surface area (Å²) in [4.78, 5) is 92.1. The number of rotatable bonds is 23. The summed E-state index contributed by atoms with van der Waals surface area (Å²) in [5, 5.41) is 19.4. The molecule has 0 spiro atoms. The summed E-state index contributed by atoms with van der Waals surface area (Å²) in [5.74, 6) is -2.26. The maximum absolute atomic E-state index is 14.2. The van der Waals surface area contributed by atoms with Crippen molar-refractivity contribution in [1.29, 1.82) is 0 Å². The van der Waals surface area contributed by atoms with Crippen molar-refractivity contribution in [2.75, 3.05) is 69.1 Å². The molecule has 5 amide bonds. The number of H-pyrrole nitrogens is 1. The number of likely N-dealkylation sites (tertiary alicyclic amines) is 1. The van der Waals surface area contributed by atoms with Crippen molar-refractivity contribution in [2.45, 2.75) is 115 Å². The first kappa shape index (κ1) is 61.7. The molecule has 5 aliphatic rings. The SMILES string of the molecule is CC1(C)CCC(CN2CCN(c3ccc(C(=O)NS(=O)(=O)c4ccc(NCC5CCN(CCCCCCCCc6cccc7c6C(=O)N(C6CCC(=O)NC6=O)C7=O)CC5)c([N+](=O)[O-])c4)c(Oc4cnc5[nH]ccc5c4)c3)CC2)=C(c2ccc(Cl)cc2)C1. The molecular formula is C66H75ClN10O10S. The quantitative estimate of drug-likeness (QED) is 0.0202. The molecule has 4 aromatic carbocycles. The summed E-state index contributed by atoms with van der Waals surface area (Å²) < 4.78 is 36.5. The van der Waals surface area contributed by atoms with Crippen LogP contribution >= 0.6 is 11.6 Å². The number of sulfonamides is 1. The van der Waals surface area contributed by atoms with Gasteiger partial charge in [-0.15, -0.1) is 0 Å². The van der Waals surface area contributed by atoms with Gasteiger partial charge in [0.25, 0.3) is 33.4 Å². The van der Waals surface area contributed by atoms with Gasteiger partial charge in [-0.25, -0.2) is 18.1 Å². The Hall–Kier alpha value is -7.98. The van der Waals surface area contributed by atoms with Crippen LogP contribution < -0.4 is 25.0 Å². The summed E-state index contributed by atoms with van der Waals surface area (Å²) >= 11 is 6.27. The first-order chi connectivity index (χ1) is 42.4. The highest BCUT2D eigenvalue weighted by Gasteiger charge is 2.45. The fraction of sp³-hybridized carbons (Fsp3) is 0.424. The maximum Gasteiger partial charge on any atom is 0.293 e. The summed E-state index contributed by atoms with van der Waals surface area (Å²) in [6.07, 6.45) is 15.1. The molecule has 11 rings (SSSR count). The van der Waals surface area contributed by atoms with Crippen LogP contribution in [-0.2, 0) is 26.0 Å². The van der Waals surface area contributed by atoms with E-state index < -0.39 is 61.1 Å². The minimum Gasteiger partial charge on any atom is -0.455 e. The molecule has 0 bridgehead atoms. The number of hydrogen-bond donors (Lipinski definition) is 4. The van der Waals surface area contributed by atoms with Crippen molar-refractivity contribution in [3.63, 3.8) is 0 Å². The molecule has 462 valence electrons. The molecule has 0 saturated carbocycles. The average Bonchev–Trinajstić information content (AvgIpc) is 1.70. The number of carbonyl (C=O) groups is 5. The van der Waals surface area contributed by atoms with E-state index in [0.717, 1.165) is 143 Å². The van der Waals surface area contributed by atoms with Gasteiger partial charge in [0.15, 0.2) is 0 Å². The van der Waals surface area contributed by atoms with Gasteiger partial charge in [-0.05, 0) is 160 Å². The molecule has 2 aromatic heterocycles. The van der Waals surface area contributed by atoms with Crippen LogP contribution in [0.15, 0.2) is 114 Å². The number of nitro benzene ring substituents is 1. The Kier molecular flexibility index (Phi) is 18.8. The first-order valence-corrected chi connectivity index (χ1v) is 32.6. The molecule has 1 atom stereocenters. The number of aryl methyl sites for hydroxylation is 1. The molecule has 1 aliphatic carbocycles. The van der Waals surface area contributed by atoms with E-state index in [2.05, 4.69) is 66.0 Å². The van der Waals surface area contributed by atoms with Gasteiger partial charge >= 0.3 is 0 Å². The first-order valence-electron chi connectivity index (χ1n) is 30.7. The van der Waals surface area contributed by atoms with Crippen LogP contribution in [0.25, 0.3) is 16.6 Å². The van der Waals surface area contributed by atoms with Crippen molar-refractivity contribution < 1.29 is 42.1 Å². The molecule has 22 heteroatoms. The molecule has 4 aliphatic heterocycles. The highest BCUT2D eigenvalue weighted by molar-refractivity contribution is 7.90. The highest BCUT2D eigenvalue weighted by Crippen LogP contribution is 2.44. The zero-order valence-corrected chi connectivity index (χ0v) is 51.4. The van der Waals surface area contributed by atoms with Crippen molar-refractivity contribution in [3.05, 3.63) is 152 Å². The number of fused-ring (bicyclic) bond motifs is 2. The molecule has 88 heavy (non-hydrogen) atoms. The Morgan fingerprint density at radius 2 is 1.60 bits per heavy atom. The van der Waals surface area contributed by atoms with Gasteiger partial charge in [-0.2, -0.15) is 0 Å². The summed E-state index contributed by atoms with van der Waals surface area (Å²) in [7, 11) is -4.62. The maximum atomic E-state index is 14.2. The smallest absolute Gasteiger partial charge is 0.293 e. The van der Waals surface area contributed by atoms with Gasteiger partial charge < -0.3 is 24.8 Å². The number of carbonyl (C=O) groups excluding carboxylic acids is 5. The van der Waals surface area contributed by atoms with Gasteiger partial charge in [0.2, 0.25) is 11.8 Å². The third kappa shape index (κ3) is 14.3. The lowest BCUT2D eigenvalue weighted by molar-refractivity contribution is -0.384. The number of hydrogen-bond acceptors (Lipinski definition) is 15. The number of nitrogens with one attached hydrogen (secondary N) is 4. The van der Waals surface area contributed by atoms with E-state index in [1.165, 1.54) is 35.0 Å². The second-order valence-corrected chi connectivity index (χ2v) is 26.9. The van der Waals surface area contributed by atoms with E-state index in [1.807, 2.05) is 24.3 Å². The topological polar surface area (TPSA) is 250 Å². The molecule has 3 saturated heterocycles. The van der Waals surface area contributed by atoms with E-state index in [9.17, 15) is 42.5 Å². The second-order valence-electron chi connectivity index (χ2n) is 24.8. The van der Waals surface area contributed by atoms with Gasteiger partial charge in [-0.1, -0.05) is 81.0 Å². The summed E-state index contributed by atoms with van der Waals surface area (Å²) in [6, 6.07) is 24.7. The molecule has 6 heterocycles. The Bertz CT molecular complexity index is 3800. The van der Waals surface area contributed by atoms with Crippen molar-refractivity contribution >= 4 is 84.8 Å². The van der Waals surface area contributed by atoms with Gasteiger partial charge in [0, 0.05) is 80.1 Å². The number of piperidine rings is 2. The van der Waals surface area contributed by atoms with Crippen LogP contribution in [0, 0.1) is 21.4 Å². The number of aromatic amines is 1. The molecule has 3 fully saturated rings. The van der Waals surface area contributed by atoms with E-state index in [4.69, 9.17) is 16.3 Å². The van der Waals surface area contributed by atoms with E-state index in [-0.39, 0.29) is 41.2 Å². The van der Waals surface area contributed by atoms with Crippen molar-refractivity contribution in [3.8, 4) is 11.5 Å². The number of ether oxygens (including phenoxy) is 1. The molecule has 20 nitrogen and oxygen atoms in total. The molecule has 6 aromatic rings. The third-order valence-corrected chi connectivity index (χ3v) is 19.6. The van der Waals surface area contributed by atoms with Crippen LogP contribution in [-0.4, -0.2) is 132 Å². The number of nitro groups is 1. The Balaban J connectivity index is 0.648. The van der Waals surface area contributed by atoms with Gasteiger partial charge in [-0.3, -0.25) is 49.2 Å². The van der Waals surface area contributed by atoms with Crippen molar-refractivity contribution in [1.82, 2.24) is 34.7 Å². The third-order valence-electron chi connectivity index (χ3n) is 18.1. The lowest BCUT2D eigenvalue weighted by Crippen LogP contribution is -2.54. The van der Waals surface area contributed by atoms with Crippen LogP contribution in [0.3, 0.4) is 0 Å². The van der Waals surface area contributed by atoms with Crippen molar-refractivity contribution in [2.24, 2.45) is 11.3 Å². The molecule has 4 N–H and O–H groups in total. The second kappa shape index (κ2) is 26.8. The monoisotopic (exact) mass is 1230 g/mol. The van der Waals surface area contributed by atoms with Gasteiger partial charge in [0.1, 0.15) is 28.9 Å². The number of amides is 5. The largest absolute Gasteiger partial charge is 0.455 e. The highest BCUT2D eigenvalue weighted by atomic mass is 35.5. The lowest BCUT2D eigenvalue weighted by Gasteiger charge is -2.39. The normalized spacial score (nSPS) is 18.6. The predicted octanol–water partition coefficient (Wildman–Crippen LogP) is 10.9. The minimum absolute atomic E-state index is 0.0534. The van der Waals surface area contributed by atoms with Gasteiger partial charge in [0.05, 0.1) is 32.7 Å². The zero-order valence-electron chi connectivity index (χ0n) is 49.8. The fourth-order valence-corrected chi connectivity index (χ4v) is 14.1. The molecule has 0 radical (unpaired) electrons. The Morgan fingerprint density at radius 3 is 2.36 bits per heavy atom. The number of nitrogens with zero attached hydrogens (tertiary/aromatic N) is 6. The number of unbranched alkanes of at least 4 members (excludes halogenated alkanes) is 5. The molecule has 1 unspecified atom stereocenters. The van der Waals surface area contributed by atoms with Crippen LogP contribution in [0.4, 0.5) is 17.1 Å². The number of benzene rings is 4. The summed E-state index contributed by atoms with van der Waals surface area (Å²) in [5.41, 5.74) is 6.90. The lowest BCUT2D eigenvalue weighted by atomic mass is 9.72. The van der Waals surface area contributed by atoms with E-state index in [0.29, 0.717) is 48.6 Å². The Labute approximate surface area is 517 Å². The zero-order chi connectivity index (χ0) is 61.7. The predicted molar refractivity (Wildman–Crippen MR) is 337 cm³/mol. The minimum atomic E-state index is -4.62. The number of aromatic nitrogens is 2. The fourth-order valence-electron chi connectivity index (χ4n) is 13.0. The van der Waals surface area contributed by atoms with Crippen LogP contribution in [0.2, 0.25) is 5.02 Å². The van der Waals surface area contributed by atoms with E-state index in [1.54, 1.807) is 42.6 Å². The van der Waals surface area contributed by atoms with Crippen LogP contribution in [0.5, 0.6) is 11.5 Å². The molecular weight excluding hydrogens is 1160 g/mol. The number of allylic oxidation sites excluding steroid dienone is 1. The number of piperazine rings is 1. The summed E-state index contributed by atoms with van der Waals surface area (Å²) in [6.45, 7) is 11.8. The average molecular weight is 1240 g/mol. The number of imide groups is 2. The number of halogens is 1. The standard InChI is InChI=1S/C66H75ClN10O10S/c1-66(2)27-23-47(54(39-66)44-13-15-48(67)16-14-44)42-74-32-34-75(35-33-74)49-17-19-52(58(37-49)87-50-36-46-24-28-68-61(46)70-41-50)62(79)72-88(85,86)51-18-20-55(57(38-51)77(83)84)69-40-43-25-30-73(31-26-43)29-8-6-4-3-5-7-10-45-11-9-12-53-60(45)65(82)76(64(53)81)56-21-22-59(78)71-63(56)80/h9,11-20,24,28,36-38,41,43,56,69H,3-8,10,21-23,25-27,29-35,39-40,42H2,1-2H3,(H,68,70)(H,72,79)(H,71,78,80). The Morgan fingerprint density at radius 1 is 0.841 bits per heavy atom. The number of anilines is 2. The van der Waals surface area contributed by atoms with E-state index >= 15 is 0 Å². The van der Waals surface area contributed by atoms with Crippen LogP contribution in [0.1, 0.15) is 140 Å².